The standard InChI is InChI=1S/C19H21NO2/c21-19(17-10-5-2-6-11-17)22-18-12-7-13-20(15-18)14-16-8-3-1-4-9-16/h1-6,8-11,18H,7,12-15H2/t18-/m0/s1. The van der Waals surface area contributed by atoms with Gasteiger partial charge in [0.05, 0.1) is 5.56 Å². The highest BCUT2D eigenvalue weighted by Crippen LogP contribution is 2.17. The van der Waals surface area contributed by atoms with Crippen LogP contribution in [0, 0.1) is 0 Å². The molecule has 1 aliphatic heterocycles. The monoisotopic (exact) mass is 295 g/mol. The molecule has 0 saturated carbocycles. The molecule has 0 radical (unpaired) electrons. The van der Waals surface area contributed by atoms with Crippen LogP contribution in [0.15, 0.2) is 60.7 Å². The molecular formula is C19H21NO2. The molecule has 3 heteroatoms. The average Bonchev–Trinajstić information content (AvgIpc) is 2.57. The molecule has 0 N–H and O–H groups in total. The second-order valence-electron chi connectivity index (χ2n) is 5.76. The highest BCUT2D eigenvalue weighted by molar-refractivity contribution is 5.89. The molecule has 0 amide bonds. The molecule has 1 fully saturated rings. The van der Waals surface area contributed by atoms with E-state index in [1.165, 1.54) is 5.56 Å². The van der Waals surface area contributed by atoms with Gasteiger partial charge in [-0.2, -0.15) is 0 Å². The number of carbonyl (C=O) groups excluding carboxylic acids is 1. The predicted octanol–water partition coefficient (Wildman–Crippen LogP) is 3.51. The number of hydrogen-bond acceptors (Lipinski definition) is 3. The Morgan fingerprint density at radius 3 is 2.45 bits per heavy atom. The number of hydrogen-bond donors (Lipinski definition) is 0. The van der Waals surface area contributed by atoms with Crippen molar-refractivity contribution in [1.82, 2.24) is 4.90 Å². The third-order valence-corrected chi connectivity index (χ3v) is 3.99. The summed E-state index contributed by atoms with van der Waals surface area (Å²) in [5.74, 6) is -0.216. The molecule has 3 rings (SSSR count). The Balaban J connectivity index is 1.55. The summed E-state index contributed by atoms with van der Waals surface area (Å²) >= 11 is 0. The van der Waals surface area contributed by atoms with Crippen molar-refractivity contribution >= 4 is 5.97 Å². The van der Waals surface area contributed by atoms with Gasteiger partial charge >= 0.3 is 5.97 Å². The lowest BCUT2D eigenvalue weighted by Gasteiger charge is -2.32. The van der Waals surface area contributed by atoms with Crippen LogP contribution in [0.3, 0.4) is 0 Å². The minimum absolute atomic E-state index is 0.00910. The fraction of sp³-hybridized carbons (Fsp3) is 0.316. The maximum absolute atomic E-state index is 12.1. The number of likely N-dealkylation sites (tertiary alicyclic amines) is 1. The van der Waals surface area contributed by atoms with E-state index >= 15 is 0 Å². The molecule has 2 aromatic rings. The van der Waals surface area contributed by atoms with Crippen LogP contribution in [0.25, 0.3) is 0 Å². The van der Waals surface area contributed by atoms with Gasteiger partial charge in [0.15, 0.2) is 0 Å². The molecule has 114 valence electrons. The van der Waals surface area contributed by atoms with Crippen molar-refractivity contribution in [3.63, 3.8) is 0 Å². The highest BCUT2D eigenvalue weighted by atomic mass is 16.5. The van der Waals surface area contributed by atoms with Crippen molar-refractivity contribution in [1.29, 1.82) is 0 Å². The number of ether oxygens (including phenoxy) is 1. The van der Waals surface area contributed by atoms with Crippen LogP contribution in [-0.4, -0.2) is 30.1 Å². The van der Waals surface area contributed by atoms with Gasteiger partial charge in [-0.15, -0.1) is 0 Å². The second-order valence-corrected chi connectivity index (χ2v) is 5.76. The van der Waals surface area contributed by atoms with E-state index in [0.717, 1.165) is 32.5 Å². The third-order valence-electron chi connectivity index (χ3n) is 3.99. The number of carbonyl (C=O) groups is 1. The summed E-state index contributed by atoms with van der Waals surface area (Å²) in [5, 5.41) is 0. The van der Waals surface area contributed by atoms with Crippen molar-refractivity contribution in [3.8, 4) is 0 Å². The predicted molar refractivity (Wildman–Crippen MR) is 86.6 cm³/mol. The molecule has 1 aliphatic rings. The first-order chi connectivity index (χ1) is 10.8. The summed E-state index contributed by atoms with van der Waals surface area (Å²) in [7, 11) is 0. The molecule has 0 unspecified atom stereocenters. The number of esters is 1. The van der Waals surface area contributed by atoms with E-state index in [-0.39, 0.29) is 12.1 Å². The van der Waals surface area contributed by atoms with Crippen molar-refractivity contribution in [2.45, 2.75) is 25.5 Å². The summed E-state index contributed by atoms with van der Waals surface area (Å²) in [5.41, 5.74) is 1.93. The summed E-state index contributed by atoms with van der Waals surface area (Å²) in [6, 6.07) is 19.7. The van der Waals surface area contributed by atoms with Gasteiger partial charge in [0.2, 0.25) is 0 Å². The Bertz CT molecular complexity index is 597. The molecule has 0 bridgehead atoms. The van der Waals surface area contributed by atoms with Gasteiger partial charge in [-0.25, -0.2) is 4.79 Å². The molecular weight excluding hydrogens is 274 g/mol. The van der Waals surface area contributed by atoms with Crippen LogP contribution >= 0.6 is 0 Å². The normalized spacial score (nSPS) is 18.8. The van der Waals surface area contributed by atoms with Gasteiger partial charge < -0.3 is 4.74 Å². The molecule has 1 heterocycles. The second kappa shape index (κ2) is 7.23. The first-order valence-electron chi connectivity index (χ1n) is 7.83. The van der Waals surface area contributed by atoms with Gasteiger partial charge in [0.25, 0.3) is 0 Å². The topological polar surface area (TPSA) is 29.5 Å². The minimum Gasteiger partial charge on any atom is -0.457 e. The average molecular weight is 295 g/mol. The van der Waals surface area contributed by atoms with E-state index in [4.69, 9.17) is 4.74 Å². The van der Waals surface area contributed by atoms with E-state index in [0.29, 0.717) is 5.56 Å². The molecule has 0 spiro atoms. The van der Waals surface area contributed by atoms with E-state index in [1.807, 2.05) is 24.3 Å². The Kier molecular flexibility index (Phi) is 4.86. The van der Waals surface area contributed by atoms with Crippen molar-refractivity contribution < 1.29 is 9.53 Å². The summed E-state index contributed by atoms with van der Waals surface area (Å²) < 4.78 is 5.66. The lowest BCUT2D eigenvalue weighted by Crippen LogP contribution is -2.40. The SMILES string of the molecule is O=C(O[C@H]1CCCN(Cc2ccccc2)C1)c1ccccc1. The Morgan fingerprint density at radius 1 is 1.05 bits per heavy atom. The van der Waals surface area contributed by atoms with Crippen molar-refractivity contribution in [2.24, 2.45) is 0 Å². The number of piperidine rings is 1. The fourth-order valence-corrected chi connectivity index (χ4v) is 2.89. The molecule has 3 nitrogen and oxygen atoms in total. The van der Waals surface area contributed by atoms with Gasteiger partial charge in [-0.05, 0) is 37.1 Å². The minimum atomic E-state index is -0.216. The number of rotatable bonds is 4. The van der Waals surface area contributed by atoms with Crippen molar-refractivity contribution in [3.05, 3.63) is 71.8 Å². The van der Waals surface area contributed by atoms with E-state index in [1.54, 1.807) is 12.1 Å². The maximum Gasteiger partial charge on any atom is 0.338 e. The zero-order chi connectivity index (χ0) is 15.2. The van der Waals surface area contributed by atoms with E-state index in [2.05, 4.69) is 29.2 Å². The Labute approximate surface area is 131 Å². The van der Waals surface area contributed by atoms with Gasteiger partial charge in [-0.3, -0.25) is 4.90 Å². The zero-order valence-corrected chi connectivity index (χ0v) is 12.7. The summed E-state index contributed by atoms with van der Waals surface area (Å²) in [4.78, 5) is 14.5. The van der Waals surface area contributed by atoms with Gasteiger partial charge in [-0.1, -0.05) is 48.5 Å². The quantitative estimate of drug-likeness (QED) is 0.808. The molecule has 22 heavy (non-hydrogen) atoms. The summed E-state index contributed by atoms with van der Waals surface area (Å²) in [6.07, 6.45) is 2.01. The maximum atomic E-state index is 12.1. The molecule has 1 saturated heterocycles. The van der Waals surface area contributed by atoms with Crippen LogP contribution in [0.5, 0.6) is 0 Å². The first-order valence-corrected chi connectivity index (χ1v) is 7.83. The lowest BCUT2D eigenvalue weighted by atomic mass is 10.1. The molecule has 2 aromatic carbocycles. The van der Waals surface area contributed by atoms with E-state index in [9.17, 15) is 4.79 Å². The molecule has 1 atom stereocenters. The fourth-order valence-electron chi connectivity index (χ4n) is 2.89. The summed E-state index contributed by atoms with van der Waals surface area (Å²) in [6.45, 7) is 2.79. The first kappa shape index (κ1) is 14.8. The van der Waals surface area contributed by atoms with Crippen LogP contribution in [0.2, 0.25) is 0 Å². The third kappa shape index (κ3) is 3.95. The number of benzene rings is 2. The molecule has 0 aromatic heterocycles. The smallest absolute Gasteiger partial charge is 0.338 e. The highest BCUT2D eigenvalue weighted by Gasteiger charge is 2.23. The number of nitrogens with zero attached hydrogens (tertiary/aromatic N) is 1. The van der Waals surface area contributed by atoms with Gasteiger partial charge in [0.1, 0.15) is 6.10 Å². The zero-order valence-electron chi connectivity index (χ0n) is 12.7. The Morgan fingerprint density at radius 2 is 1.73 bits per heavy atom. The van der Waals surface area contributed by atoms with Crippen molar-refractivity contribution in [2.75, 3.05) is 13.1 Å². The van der Waals surface area contributed by atoms with Crippen LogP contribution in [0.1, 0.15) is 28.8 Å². The van der Waals surface area contributed by atoms with Crippen LogP contribution < -0.4 is 0 Å². The van der Waals surface area contributed by atoms with Crippen LogP contribution in [0.4, 0.5) is 0 Å². The lowest BCUT2D eigenvalue weighted by molar-refractivity contribution is 0.00561. The Hall–Kier alpha value is -2.13. The van der Waals surface area contributed by atoms with Gasteiger partial charge in [0, 0.05) is 13.1 Å². The van der Waals surface area contributed by atoms with E-state index < -0.39 is 0 Å². The largest absolute Gasteiger partial charge is 0.457 e. The molecule has 0 aliphatic carbocycles. The van der Waals surface area contributed by atoms with Crippen LogP contribution in [-0.2, 0) is 11.3 Å².